The van der Waals surface area contributed by atoms with Crippen LogP contribution < -0.4 is 0 Å². The zero-order valence-electron chi connectivity index (χ0n) is 9.86. The van der Waals surface area contributed by atoms with Gasteiger partial charge in [-0.15, -0.1) is 10.2 Å². The largest absolute Gasteiger partial charge is 0.388 e. The Bertz CT molecular complexity index is 392. The van der Waals surface area contributed by atoms with Gasteiger partial charge >= 0.3 is 0 Å². The van der Waals surface area contributed by atoms with E-state index in [9.17, 15) is 8.78 Å². The smallest absolute Gasteiger partial charge is 0.248 e. The Morgan fingerprint density at radius 1 is 1.47 bits per heavy atom. The van der Waals surface area contributed by atoms with Crippen molar-refractivity contribution < 1.29 is 13.9 Å². The molecule has 1 unspecified atom stereocenters. The lowest BCUT2D eigenvalue weighted by Gasteiger charge is -2.13. The molecule has 0 radical (unpaired) electrons. The van der Waals surface area contributed by atoms with Crippen molar-refractivity contribution in [3.63, 3.8) is 0 Å². The standard InChI is InChI=1S/C11H17F2N3O/c1-2-5-16-9(7-17)14-15-10(16)8-3-4-11(12,13)6-8/h8,17H,2-7H2,1H3. The summed E-state index contributed by atoms with van der Waals surface area (Å²) >= 11 is 0. The summed E-state index contributed by atoms with van der Waals surface area (Å²) in [4.78, 5) is 0. The summed E-state index contributed by atoms with van der Waals surface area (Å²) in [5, 5.41) is 17.0. The Morgan fingerprint density at radius 2 is 2.24 bits per heavy atom. The summed E-state index contributed by atoms with van der Waals surface area (Å²) in [7, 11) is 0. The van der Waals surface area contributed by atoms with E-state index < -0.39 is 5.92 Å². The van der Waals surface area contributed by atoms with Gasteiger partial charge in [-0.1, -0.05) is 6.92 Å². The number of halogens is 2. The summed E-state index contributed by atoms with van der Waals surface area (Å²) in [6.07, 6.45) is 1.08. The third-order valence-electron chi connectivity index (χ3n) is 3.21. The minimum Gasteiger partial charge on any atom is -0.388 e. The minimum atomic E-state index is -2.58. The molecule has 0 bridgehead atoms. The van der Waals surface area contributed by atoms with Gasteiger partial charge in [-0.25, -0.2) is 8.78 Å². The second-order valence-corrected chi connectivity index (χ2v) is 4.58. The lowest BCUT2D eigenvalue weighted by molar-refractivity contribution is 0.00744. The predicted molar refractivity (Wildman–Crippen MR) is 57.8 cm³/mol. The molecule has 1 heterocycles. The molecule has 0 aromatic carbocycles. The summed E-state index contributed by atoms with van der Waals surface area (Å²) in [6.45, 7) is 2.46. The summed E-state index contributed by atoms with van der Waals surface area (Å²) in [5.41, 5.74) is 0. The van der Waals surface area contributed by atoms with Crippen LogP contribution in [0.5, 0.6) is 0 Å². The van der Waals surface area contributed by atoms with Gasteiger partial charge in [0.25, 0.3) is 0 Å². The third-order valence-corrected chi connectivity index (χ3v) is 3.21. The van der Waals surface area contributed by atoms with Crippen LogP contribution in [0.3, 0.4) is 0 Å². The van der Waals surface area contributed by atoms with Gasteiger partial charge in [0.2, 0.25) is 5.92 Å². The SMILES string of the molecule is CCCn1c(CO)nnc1C1CCC(F)(F)C1. The first-order valence-electron chi connectivity index (χ1n) is 5.98. The first-order valence-corrected chi connectivity index (χ1v) is 5.98. The van der Waals surface area contributed by atoms with Gasteiger partial charge in [0.1, 0.15) is 12.4 Å². The molecular weight excluding hydrogens is 228 g/mol. The van der Waals surface area contributed by atoms with Gasteiger partial charge in [-0.05, 0) is 12.8 Å². The molecule has 1 aromatic heterocycles. The predicted octanol–water partition coefficient (Wildman–Crippen LogP) is 2.08. The highest BCUT2D eigenvalue weighted by molar-refractivity contribution is 5.06. The number of nitrogens with zero attached hydrogens (tertiary/aromatic N) is 3. The molecule has 0 amide bonds. The molecule has 1 fully saturated rings. The van der Waals surface area contributed by atoms with Crippen LogP contribution >= 0.6 is 0 Å². The minimum absolute atomic E-state index is 0.0783. The second kappa shape index (κ2) is 4.68. The molecule has 1 aliphatic carbocycles. The first kappa shape index (κ1) is 12.4. The highest BCUT2D eigenvalue weighted by Gasteiger charge is 2.42. The van der Waals surface area contributed by atoms with Crippen molar-refractivity contribution in [2.24, 2.45) is 0 Å². The topological polar surface area (TPSA) is 50.9 Å². The second-order valence-electron chi connectivity index (χ2n) is 4.58. The normalized spacial score (nSPS) is 23.2. The van der Waals surface area contributed by atoms with E-state index in [-0.39, 0.29) is 25.4 Å². The number of alkyl halides is 2. The first-order chi connectivity index (χ1) is 8.07. The Kier molecular flexibility index (Phi) is 3.42. The molecule has 0 aliphatic heterocycles. The third kappa shape index (κ3) is 2.46. The summed E-state index contributed by atoms with van der Waals surface area (Å²) in [5.74, 6) is -1.73. The van der Waals surface area contributed by atoms with Crippen molar-refractivity contribution in [2.45, 2.75) is 57.6 Å². The van der Waals surface area contributed by atoms with Crippen LogP contribution in [0.15, 0.2) is 0 Å². The Labute approximate surface area is 98.7 Å². The highest BCUT2D eigenvalue weighted by atomic mass is 19.3. The van der Waals surface area contributed by atoms with E-state index in [0.717, 1.165) is 6.42 Å². The number of hydrogen-bond acceptors (Lipinski definition) is 3. The monoisotopic (exact) mass is 245 g/mol. The van der Waals surface area contributed by atoms with Gasteiger partial charge in [-0.3, -0.25) is 0 Å². The van der Waals surface area contributed by atoms with E-state index in [2.05, 4.69) is 10.2 Å². The van der Waals surface area contributed by atoms with Gasteiger partial charge in [0.15, 0.2) is 5.82 Å². The quantitative estimate of drug-likeness (QED) is 0.883. The lowest BCUT2D eigenvalue weighted by Crippen LogP contribution is -2.13. The number of aliphatic hydroxyl groups excluding tert-OH is 1. The number of hydrogen-bond donors (Lipinski definition) is 1. The van der Waals surface area contributed by atoms with Crippen molar-refractivity contribution in [2.75, 3.05) is 0 Å². The Hall–Kier alpha value is -1.04. The molecular formula is C11H17F2N3O. The van der Waals surface area contributed by atoms with Gasteiger partial charge in [-0.2, -0.15) is 0 Å². The van der Waals surface area contributed by atoms with Crippen LogP contribution in [0.4, 0.5) is 8.78 Å². The molecule has 2 rings (SSSR count). The molecule has 0 saturated heterocycles. The van der Waals surface area contributed by atoms with Gasteiger partial charge < -0.3 is 9.67 Å². The Balaban J connectivity index is 2.23. The molecule has 4 nitrogen and oxygen atoms in total. The molecule has 1 aliphatic rings. The fourth-order valence-corrected chi connectivity index (χ4v) is 2.41. The lowest BCUT2D eigenvalue weighted by atomic mass is 10.1. The van der Waals surface area contributed by atoms with Crippen LogP contribution in [0.2, 0.25) is 0 Å². The van der Waals surface area contributed by atoms with E-state index in [1.807, 2.05) is 6.92 Å². The molecule has 1 atom stereocenters. The molecule has 96 valence electrons. The molecule has 0 spiro atoms. The average Bonchev–Trinajstić information content (AvgIpc) is 2.82. The maximum Gasteiger partial charge on any atom is 0.248 e. The zero-order chi connectivity index (χ0) is 12.5. The van der Waals surface area contributed by atoms with Crippen molar-refractivity contribution in [3.05, 3.63) is 11.6 Å². The summed E-state index contributed by atoms with van der Waals surface area (Å²) < 4.78 is 28.1. The van der Waals surface area contributed by atoms with Crippen LogP contribution in [-0.4, -0.2) is 25.8 Å². The molecule has 17 heavy (non-hydrogen) atoms. The fraction of sp³-hybridized carbons (Fsp3) is 0.818. The number of aromatic nitrogens is 3. The highest BCUT2D eigenvalue weighted by Crippen LogP contribution is 2.43. The van der Waals surface area contributed by atoms with Gasteiger partial charge in [0.05, 0.1) is 0 Å². The zero-order valence-corrected chi connectivity index (χ0v) is 9.86. The van der Waals surface area contributed by atoms with Crippen molar-refractivity contribution >= 4 is 0 Å². The number of aliphatic hydroxyl groups is 1. The van der Waals surface area contributed by atoms with Crippen LogP contribution in [0.1, 0.15) is 50.2 Å². The Morgan fingerprint density at radius 3 is 2.76 bits per heavy atom. The van der Waals surface area contributed by atoms with E-state index in [1.54, 1.807) is 4.57 Å². The van der Waals surface area contributed by atoms with Gasteiger partial charge in [0, 0.05) is 25.3 Å². The fourth-order valence-electron chi connectivity index (χ4n) is 2.41. The van der Waals surface area contributed by atoms with E-state index >= 15 is 0 Å². The average molecular weight is 245 g/mol. The maximum absolute atomic E-state index is 13.2. The number of rotatable bonds is 4. The van der Waals surface area contributed by atoms with E-state index in [1.165, 1.54) is 0 Å². The van der Waals surface area contributed by atoms with Crippen molar-refractivity contribution in [1.29, 1.82) is 0 Å². The van der Waals surface area contributed by atoms with Crippen molar-refractivity contribution in [3.8, 4) is 0 Å². The van der Waals surface area contributed by atoms with E-state index in [0.29, 0.717) is 24.6 Å². The van der Waals surface area contributed by atoms with Crippen molar-refractivity contribution in [1.82, 2.24) is 14.8 Å². The van der Waals surface area contributed by atoms with Crippen LogP contribution in [-0.2, 0) is 13.2 Å². The molecule has 6 heteroatoms. The molecule has 1 N–H and O–H groups in total. The van der Waals surface area contributed by atoms with Crippen LogP contribution in [0, 0.1) is 0 Å². The van der Waals surface area contributed by atoms with E-state index in [4.69, 9.17) is 5.11 Å². The molecule has 1 saturated carbocycles. The molecule has 1 aromatic rings. The maximum atomic E-state index is 13.2. The van der Waals surface area contributed by atoms with Crippen LogP contribution in [0.25, 0.3) is 0 Å². The summed E-state index contributed by atoms with van der Waals surface area (Å²) in [6, 6.07) is 0.